The van der Waals surface area contributed by atoms with Crippen LogP contribution in [0.4, 0.5) is 0 Å². The van der Waals surface area contributed by atoms with E-state index < -0.39 is 41.4 Å². The smallest absolute Gasteiger partial charge is 0.364 e. The van der Waals surface area contributed by atoms with Crippen LogP contribution in [0.15, 0.2) is 18.2 Å². The van der Waals surface area contributed by atoms with Crippen LogP contribution in [0.5, 0.6) is 11.5 Å². The number of rotatable bonds is 15. The zero-order valence-electron chi connectivity index (χ0n) is 25.1. The molecular formula is C30H47NO8. The zero-order chi connectivity index (χ0) is 30.1. The van der Waals surface area contributed by atoms with E-state index in [1.165, 1.54) is 12.1 Å². The maximum Gasteiger partial charge on any atom is 0.364 e. The van der Waals surface area contributed by atoms with Crippen LogP contribution in [-0.2, 0) is 30.3 Å². The number of carboxylic acid groups (broad SMARTS) is 1. The number of nitrogens with one attached hydrogen (secondary N) is 1. The molecule has 0 radical (unpaired) electrons. The molecule has 0 fully saturated rings. The third-order valence-corrected chi connectivity index (χ3v) is 6.93. The highest BCUT2D eigenvalue weighted by Gasteiger charge is 2.44. The molecule has 9 nitrogen and oxygen atoms in total. The summed E-state index contributed by atoms with van der Waals surface area (Å²) in [6, 6.07) is 4.21. The summed E-state index contributed by atoms with van der Waals surface area (Å²) >= 11 is 0. The standard InChI is InChI=1S/C30H47NO8/c1-11-20(8)31-30(29(35)36,39-26(32)14-17(2)3)16-23-12-13-24(37-27(33)21(9)18(4)5)25(15-23)38-28(34)22(10)19(6)7/h12-13,15,17-22,31H,11,14,16H2,1-10H3,(H,35,36)/t20?,21?,22?,30-/m0/s1. The van der Waals surface area contributed by atoms with Gasteiger partial charge in [0, 0.05) is 18.9 Å². The highest BCUT2D eigenvalue weighted by Crippen LogP contribution is 2.33. The highest BCUT2D eigenvalue weighted by atomic mass is 16.6. The van der Waals surface area contributed by atoms with Gasteiger partial charge in [0.1, 0.15) is 0 Å². The maximum absolute atomic E-state index is 12.8. The minimum atomic E-state index is -2.06. The van der Waals surface area contributed by atoms with Crippen molar-refractivity contribution < 1.29 is 38.5 Å². The number of ether oxygens (including phenoxy) is 3. The van der Waals surface area contributed by atoms with Crippen molar-refractivity contribution in [3.8, 4) is 11.5 Å². The fraction of sp³-hybridized carbons (Fsp3) is 0.667. The molecule has 0 aliphatic heterocycles. The summed E-state index contributed by atoms with van der Waals surface area (Å²) < 4.78 is 16.9. The molecule has 3 unspecified atom stereocenters. The average Bonchev–Trinajstić information content (AvgIpc) is 2.83. The van der Waals surface area contributed by atoms with Crippen LogP contribution in [0.2, 0.25) is 0 Å². The van der Waals surface area contributed by atoms with Gasteiger partial charge >= 0.3 is 23.9 Å². The minimum Gasteiger partial charge on any atom is -0.477 e. The van der Waals surface area contributed by atoms with Crippen molar-refractivity contribution in [3.05, 3.63) is 23.8 Å². The summed E-state index contributed by atoms with van der Waals surface area (Å²) in [6.07, 6.45) is 0.392. The van der Waals surface area contributed by atoms with Gasteiger partial charge in [0.2, 0.25) is 0 Å². The van der Waals surface area contributed by atoms with E-state index in [-0.39, 0.29) is 48.1 Å². The molecule has 0 aliphatic rings. The van der Waals surface area contributed by atoms with Crippen molar-refractivity contribution in [2.24, 2.45) is 29.6 Å². The number of hydrogen-bond donors (Lipinski definition) is 2. The molecule has 0 saturated carbocycles. The summed E-state index contributed by atoms with van der Waals surface area (Å²) in [5, 5.41) is 13.2. The van der Waals surface area contributed by atoms with Crippen LogP contribution in [0.1, 0.15) is 87.6 Å². The van der Waals surface area contributed by atoms with Crippen molar-refractivity contribution in [2.45, 2.75) is 100 Å². The predicted octanol–water partition coefficient (Wildman–Crippen LogP) is 5.38. The van der Waals surface area contributed by atoms with Crippen molar-refractivity contribution in [1.82, 2.24) is 5.32 Å². The van der Waals surface area contributed by atoms with Gasteiger partial charge in [-0.3, -0.25) is 19.7 Å². The highest BCUT2D eigenvalue weighted by molar-refractivity contribution is 5.82. The van der Waals surface area contributed by atoms with Crippen molar-refractivity contribution >= 4 is 23.9 Å². The molecule has 0 aromatic heterocycles. The average molecular weight is 550 g/mol. The zero-order valence-corrected chi connectivity index (χ0v) is 25.1. The summed E-state index contributed by atoms with van der Waals surface area (Å²) in [7, 11) is 0. The third kappa shape index (κ3) is 10.3. The first kappa shape index (κ1) is 34.1. The first-order valence-electron chi connectivity index (χ1n) is 13.8. The molecule has 4 atom stereocenters. The lowest BCUT2D eigenvalue weighted by atomic mass is 9.98. The third-order valence-electron chi connectivity index (χ3n) is 6.93. The van der Waals surface area contributed by atoms with E-state index in [1.54, 1.807) is 26.8 Å². The van der Waals surface area contributed by atoms with E-state index in [0.29, 0.717) is 12.0 Å². The lowest BCUT2D eigenvalue weighted by molar-refractivity contribution is -0.185. The Morgan fingerprint density at radius 3 is 1.79 bits per heavy atom. The summed E-state index contributed by atoms with van der Waals surface area (Å²) in [4.78, 5) is 50.7. The normalized spacial score (nSPS) is 15.4. The molecular weight excluding hydrogens is 502 g/mol. The molecule has 0 heterocycles. The largest absolute Gasteiger partial charge is 0.477 e. The van der Waals surface area contributed by atoms with Crippen LogP contribution in [0, 0.1) is 29.6 Å². The molecule has 0 spiro atoms. The summed E-state index contributed by atoms with van der Waals surface area (Å²) in [6.45, 7) is 18.4. The van der Waals surface area contributed by atoms with Crippen LogP contribution in [-0.4, -0.2) is 40.8 Å². The summed E-state index contributed by atoms with van der Waals surface area (Å²) in [5.74, 6) is -3.77. The van der Waals surface area contributed by atoms with Crippen LogP contribution in [0.3, 0.4) is 0 Å². The molecule has 39 heavy (non-hydrogen) atoms. The second-order valence-corrected chi connectivity index (χ2v) is 11.5. The van der Waals surface area contributed by atoms with Gasteiger partial charge in [-0.25, -0.2) is 4.79 Å². The summed E-state index contributed by atoms with van der Waals surface area (Å²) in [5.41, 5.74) is -1.65. The number of aliphatic carboxylic acids is 1. The lowest BCUT2D eigenvalue weighted by Crippen LogP contribution is -2.59. The fourth-order valence-corrected chi connectivity index (χ4v) is 3.43. The van der Waals surface area contributed by atoms with Gasteiger partial charge in [-0.1, -0.05) is 68.4 Å². The second-order valence-electron chi connectivity index (χ2n) is 11.5. The number of hydrogen-bond acceptors (Lipinski definition) is 8. The van der Waals surface area contributed by atoms with Gasteiger partial charge in [0.05, 0.1) is 11.8 Å². The first-order valence-corrected chi connectivity index (χ1v) is 13.8. The molecule has 1 aromatic carbocycles. The second kappa shape index (κ2) is 15.0. The van der Waals surface area contributed by atoms with Gasteiger partial charge in [-0.05, 0) is 48.8 Å². The van der Waals surface area contributed by atoms with E-state index in [1.807, 2.05) is 48.5 Å². The number of benzene rings is 1. The quantitative estimate of drug-likeness (QED) is 0.168. The molecule has 220 valence electrons. The Hall–Kier alpha value is -2.94. The number of carbonyl (C=O) groups excluding carboxylic acids is 3. The Morgan fingerprint density at radius 1 is 0.846 bits per heavy atom. The molecule has 2 N–H and O–H groups in total. The van der Waals surface area contributed by atoms with Gasteiger partial charge in [-0.15, -0.1) is 0 Å². The Morgan fingerprint density at radius 2 is 1.36 bits per heavy atom. The van der Waals surface area contributed by atoms with E-state index >= 15 is 0 Å². The van der Waals surface area contributed by atoms with E-state index in [2.05, 4.69) is 5.32 Å². The van der Waals surface area contributed by atoms with Crippen molar-refractivity contribution in [2.75, 3.05) is 0 Å². The number of carbonyl (C=O) groups is 4. The first-order chi connectivity index (χ1) is 18.0. The molecule has 1 rings (SSSR count). The molecule has 9 heteroatoms. The molecule has 0 aliphatic carbocycles. The van der Waals surface area contributed by atoms with Gasteiger partial charge < -0.3 is 19.3 Å². The predicted molar refractivity (Wildman–Crippen MR) is 148 cm³/mol. The lowest BCUT2D eigenvalue weighted by Gasteiger charge is -2.33. The van der Waals surface area contributed by atoms with Gasteiger partial charge in [-0.2, -0.15) is 0 Å². The van der Waals surface area contributed by atoms with Crippen LogP contribution < -0.4 is 14.8 Å². The topological polar surface area (TPSA) is 128 Å². The minimum absolute atomic E-state index is 0.00686. The molecule has 0 saturated heterocycles. The fourth-order valence-electron chi connectivity index (χ4n) is 3.43. The Bertz CT molecular complexity index is 1000. The van der Waals surface area contributed by atoms with E-state index in [0.717, 1.165) is 0 Å². The SMILES string of the molecule is CCC(C)N[C@@](Cc1ccc(OC(=O)C(C)C(C)C)c(OC(=O)C(C)C(C)C)c1)(OC(=O)CC(C)C)C(=O)O. The number of carboxylic acids is 1. The monoisotopic (exact) mass is 549 g/mol. The molecule has 0 amide bonds. The maximum atomic E-state index is 12.8. The Balaban J connectivity index is 3.55. The molecule has 0 bridgehead atoms. The van der Waals surface area contributed by atoms with Crippen LogP contribution >= 0.6 is 0 Å². The van der Waals surface area contributed by atoms with E-state index in [4.69, 9.17) is 14.2 Å². The number of esters is 3. The molecule has 1 aromatic rings. The van der Waals surface area contributed by atoms with Crippen molar-refractivity contribution in [3.63, 3.8) is 0 Å². The van der Waals surface area contributed by atoms with Crippen molar-refractivity contribution in [1.29, 1.82) is 0 Å². The van der Waals surface area contributed by atoms with E-state index in [9.17, 15) is 24.3 Å². The van der Waals surface area contributed by atoms with Crippen LogP contribution in [0.25, 0.3) is 0 Å². The Labute approximate surface area is 233 Å². The Kier molecular flexibility index (Phi) is 13.1. The van der Waals surface area contributed by atoms with Gasteiger partial charge in [0.25, 0.3) is 5.72 Å². The van der Waals surface area contributed by atoms with Gasteiger partial charge in [0.15, 0.2) is 11.5 Å².